The average molecular weight is 413 g/mol. The summed E-state index contributed by atoms with van der Waals surface area (Å²) in [6.45, 7) is 2.81. The Morgan fingerprint density at radius 1 is 1.38 bits per heavy atom. The lowest BCUT2D eigenvalue weighted by molar-refractivity contribution is -0.128. The fraction of sp³-hybridized carbons (Fsp3) is 0.353. The van der Waals surface area contributed by atoms with E-state index in [1.54, 1.807) is 29.5 Å². The van der Waals surface area contributed by atoms with Gasteiger partial charge in [-0.15, -0.1) is 11.3 Å². The highest BCUT2D eigenvalue weighted by Crippen LogP contribution is 2.30. The third-order valence-corrected chi connectivity index (χ3v) is 5.67. The molecule has 24 heavy (non-hydrogen) atoms. The molecular weight excluding hydrogens is 395 g/mol. The Hall–Kier alpha value is -1.28. The van der Waals surface area contributed by atoms with Gasteiger partial charge in [0, 0.05) is 39.9 Å². The van der Waals surface area contributed by atoms with Gasteiger partial charge in [-0.3, -0.25) is 9.69 Å². The van der Waals surface area contributed by atoms with Gasteiger partial charge in [0.15, 0.2) is 0 Å². The van der Waals surface area contributed by atoms with Gasteiger partial charge in [0.2, 0.25) is 5.91 Å². The highest BCUT2D eigenvalue weighted by atomic mass is 79.9. The summed E-state index contributed by atoms with van der Waals surface area (Å²) in [5.41, 5.74) is 0.485. The second-order valence-corrected chi connectivity index (χ2v) is 7.39. The van der Waals surface area contributed by atoms with Crippen molar-refractivity contribution in [1.29, 1.82) is 0 Å². The molecule has 1 aromatic heterocycles. The normalized spacial score (nSPS) is 16.8. The minimum absolute atomic E-state index is 0.116. The number of hydrogen-bond donors (Lipinski definition) is 1. The van der Waals surface area contributed by atoms with Crippen LogP contribution in [0, 0.1) is 5.82 Å². The maximum Gasteiger partial charge on any atom is 0.243 e. The Kier molecular flexibility index (Phi) is 5.99. The number of benzene rings is 1. The van der Waals surface area contributed by atoms with Gasteiger partial charge >= 0.3 is 0 Å². The smallest absolute Gasteiger partial charge is 0.243 e. The monoisotopic (exact) mass is 412 g/mol. The largest absolute Gasteiger partial charge is 0.379 e. The molecule has 0 spiro atoms. The van der Waals surface area contributed by atoms with Crippen molar-refractivity contribution in [3.05, 3.63) is 56.4 Å². The van der Waals surface area contributed by atoms with Crippen molar-refractivity contribution in [3.63, 3.8) is 0 Å². The van der Waals surface area contributed by atoms with Crippen LogP contribution >= 0.6 is 27.3 Å². The lowest BCUT2D eigenvalue weighted by Crippen LogP contribution is -2.45. The Balaban J connectivity index is 1.74. The van der Waals surface area contributed by atoms with E-state index in [-0.39, 0.29) is 24.3 Å². The number of carbonyl (C=O) groups is 1. The summed E-state index contributed by atoms with van der Waals surface area (Å²) < 4.78 is 20.1. The molecule has 0 unspecified atom stereocenters. The Labute approximate surface area is 152 Å². The van der Waals surface area contributed by atoms with Gasteiger partial charge in [0.25, 0.3) is 0 Å². The number of carbonyl (C=O) groups excluding carboxylic acids is 1. The molecule has 1 saturated heterocycles. The fourth-order valence-electron chi connectivity index (χ4n) is 2.70. The molecule has 1 N–H and O–H groups in total. The first-order chi connectivity index (χ1) is 11.6. The quantitative estimate of drug-likeness (QED) is 0.818. The molecule has 1 aromatic carbocycles. The first kappa shape index (κ1) is 17.5. The number of halogens is 2. The summed E-state index contributed by atoms with van der Waals surface area (Å²) in [5.74, 6) is -0.422. The number of rotatable bonds is 5. The summed E-state index contributed by atoms with van der Waals surface area (Å²) in [7, 11) is 0. The van der Waals surface area contributed by atoms with Crippen molar-refractivity contribution < 1.29 is 13.9 Å². The van der Waals surface area contributed by atoms with Crippen molar-refractivity contribution in [3.8, 4) is 0 Å². The number of hydrogen-bond acceptors (Lipinski definition) is 4. The van der Waals surface area contributed by atoms with Gasteiger partial charge in [-0.05, 0) is 28.1 Å². The van der Waals surface area contributed by atoms with Crippen LogP contribution in [0.5, 0.6) is 0 Å². The van der Waals surface area contributed by atoms with Crippen LogP contribution in [0.3, 0.4) is 0 Å². The molecule has 0 saturated carbocycles. The lowest BCUT2D eigenvalue weighted by Gasteiger charge is -2.33. The number of nitrogens with zero attached hydrogens (tertiary/aromatic N) is 1. The molecule has 0 bridgehead atoms. The van der Waals surface area contributed by atoms with Crippen LogP contribution in [0.2, 0.25) is 0 Å². The summed E-state index contributed by atoms with van der Waals surface area (Å²) in [5, 5.41) is 4.84. The highest BCUT2D eigenvalue weighted by Gasteiger charge is 2.30. The van der Waals surface area contributed by atoms with Crippen LogP contribution in [-0.4, -0.2) is 37.1 Å². The summed E-state index contributed by atoms with van der Waals surface area (Å²) in [4.78, 5) is 15.9. The molecule has 1 aliphatic heterocycles. The van der Waals surface area contributed by atoms with Crippen molar-refractivity contribution in [2.24, 2.45) is 0 Å². The standard InChI is InChI=1S/C17H18BrFN2O2S/c18-13-9-15(24-11-13)16(21-5-7-23-8-6-21)17(22)20-10-12-3-1-2-4-14(12)19/h1-4,9,11,16H,5-8,10H2,(H,20,22)/t16-/m0/s1. The van der Waals surface area contributed by atoms with E-state index in [4.69, 9.17) is 4.74 Å². The molecule has 1 fully saturated rings. The van der Waals surface area contributed by atoms with Gasteiger partial charge in [-0.2, -0.15) is 0 Å². The van der Waals surface area contributed by atoms with Crippen molar-refractivity contribution >= 4 is 33.2 Å². The molecule has 128 valence electrons. The minimum Gasteiger partial charge on any atom is -0.379 e. The third-order valence-electron chi connectivity index (χ3n) is 3.93. The van der Waals surface area contributed by atoms with E-state index in [0.29, 0.717) is 31.9 Å². The second-order valence-electron chi connectivity index (χ2n) is 5.53. The average Bonchev–Trinajstić information content (AvgIpc) is 3.01. The van der Waals surface area contributed by atoms with E-state index >= 15 is 0 Å². The molecule has 2 heterocycles. The Bertz CT molecular complexity index is 703. The molecular formula is C17H18BrFN2O2S. The molecule has 0 aliphatic carbocycles. The van der Waals surface area contributed by atoms with Crippen molar-refractivity contribution in [1.82, 2.24) is 10.2 Å². The van der Waals surface area contributed by atoms with E-state index in [2.05, 4.69) is 26.1 Å². The predicted octanol–water partition coefficient (Wildman–Crippen LogP) is 3.34. The highest BCUT2D eigenvalue weighted by molar-refractivity contribution is 9.10. The van der Waals surface area contributed by atoms with Crippen LogP contribution in [-0.2, 0) is 16.1 Å². The van der Waals surface area contributed by atoms with Crippen LogP contribution in [0.15, 0.2) is 40.2 Å². The van der Waals surface area contributed by atoms with Crippen LogP contribution < -0.4 is 5.32 Å². The molecule has 1 aliphatic rings. The first-order valence-corrected chi connectivity index (χ1v) is 9.39. The topological polar surface area (TPSA) is 41.6 Å². The number of nitrogens with one attached hydrogen (secondary N) is 1. The zero-order valence-corrected chi connectivity index (χ0v) is 15.4. The Morgan fingerprint density at radius 3 is 2.79 bits per heavy atom. The SMILES string of the molecule is O=C(NCc1ccccc1F)[C@H](c1cc(Br)cs1)N1CCOCC1. The maximum atomic E-state index is 13.7. The van der Waals surface area contributed by atoms with E-state index in [9.17, 15) is 9.18 Å². The molecule has 2 aromatic rings. The van der Waals surface area contributed by atoms with Crippen molar-refractivity contribution in [2.75, 3.05) is 26.3 Å². The zero-order valence-electron chi connectivity index (χ0n) is 13.0. The minimum atomic E-state index is -0.378. The Morgan fingerprint density at radius 2 is 2.12 bits per heavy atom. The summed E-state index contributed by atoms with van der Waals surface area (Å²) in [6.07, 6.45) is 0. The molecule has 3 rings (SSSR count). The number of ether oxygens (including phenoxy) is 1. The van der Waals surface area contributed by atoms with E-state index in [0.717, 1.165) is 9.35 Å². The molecule has 1 atom stereocenters. The predicted molar refractivity (Wildman–Crippen MR) is 95.4 cm³/mol. The van der Waals surface area contributed by atoms with Gasteiger partial charge in [-0.25, -0.2) is 4.39 Å². The maximum absolute atomic E-state index is 13.7. The van der Waals surface area contributed by atoms with Crippen molar-refractivity contribution in [2.45, 2.75) is 12.6 Å². The fourth-order valence-corrected chi connectivity index (χ4v) is 4.28. The van der Waals surface area contributed by atoms with E-state index in [1.165, 1.54) is 6.07 Å². The molecule has 7 heteroatoms. The molecule has 0 radical (unpaired) electrons. The van der Waals surface area contributed by atoms with Gasteiger partial charge < -0.3 is 10.1 Å². The number of morpholine rings is 1. The third kappa shape index (κ3) is 4.22. The van der Waals surface area contributed by atoms with Crippen LogP contribution in [0.25, 0.3) is 0 Å². The van der Waals surface area contributed by atoms with E-state index < -0.39 is 0 Å². The van der Waals surface area contributed by atoms with E-state index in [1.807, 2.05) is 11.4 Å². The number of amides is 1. The molecule has 1 amide bonds. The van der Waals surface area contributed by atoms with Gasteiger partial charge in [0.1, 0.15) is 11.9 Å². The van der Waals surface area contributed by atoms with Gasteiger partial charge in [-0.1, -0.05) is 18.2 Å². The second kappa shape index (κ2) is 8.20. The molecule has 4 nitrogen and oxygen atoms in total. The van der Waals surface area contributed by atoms with Crippen LogP contribution in [0.1, 0.15) is 16.5 Å². The summed E-state index contributed by atoms with van der Waals surface area (Å²) in [6, 6.07) is 8.07. The first-order valence-electron chi connectivity index (χ1n) is 7.72. The van der Waals surface area contributed by atoms with Gasteiger partial charge in [0.05, 0.1) is 13.2 Å². The summed E-state index contributed by atoms with van der Waals surface area (Å²) >= 11 is 4.98. The number of thiophene rings is 1. The van der Waals surface area contributed by atoms with Crippen LogP contribution in [0.4, 0.5) is 4.39 Å². The lowest BCUT2D eigenvalue weighted by atomic mass is 10.1. The zero-order chi connectivity index (χ0) is 16.9.